The smallest absolute Gasteiger partial charge is 0.232 e. The van der Waals surface area contributed by atoms with Crippen molar-refractivity contribution in [2.24, 2.45) is 4.99 Å². The van der Waals surface area contributed by atoms with Crippen LogP contribution in [-0.4, -0.2) is 31.1 Å². The second kappa shape index (κ2) is 10.9. The number of aromatic hydroxyl groups is 1. The van der Waals surface area contributed by atoms with Gasteiger partial charge in [0, 0.05) is 17.5 Å². The Hall–Kier alpha value is -2.80. The number of fused-ring (bicyclic) bond motifs is 1. The van der Waals surface area contributed by atoms with Crippen molar-refractivity contribution in [1.82, 2.24) is 0 Å². The second-order valence-corrected chi connectivity index (χ2v) is 10.8. The topological polar surface area (TPSA) is 88.0 Å². The zero-order valence-corrected chi connectivity index (χ0v) is 20.5. The highest BCUT2D eigenvalue weighted by atomic mass is 32.2. The molecule has 0 fully saturated rings. The molecule has 7 heteroatoms. The number of ether oxygens (including phenoxy) is 1. The van der Waals surface area contributed by atoms with E-state index in [-0.39, 0.29) is 11.5 Å². The Balaban J connectivity index is 1.58. The van der Waals surface area contributed by atoms with Crippen molar-refractivity contribution in [2.75, 3.05) is 10.5 Å². The predicted molar refractivity (Wildman–Crippen MR) is 136 cm³/mol. The zero-order chi connectivity index (χ0) is 23.9. The van der Waals surface area contributed by atoms with Crippen molar-refractivity contribution in [3.05, 3.63) is 53.6 Å². The van der Waals surface area contributed by atoms with Gasteiger partial charge in [-0.1, -0.05) is 39.0 Å². The Labute approximate surface area is 197 Å². The number of sulfonamides is 1. The van der Waals surface area contributed by atoms with E-state index in [1.54, 1.807) is 36.5 Å². The van der Waals surface area contributed by atoms with Gasteiger partial charge >= 0.3 is 0 Å². The molecule has 2 N–H and O–H groups in total. The van der Waals surface area contributed by atoms with Gasteiger partial charge in [-0.3, -0.25) is 9.71 Å². The lowest BCUT2D eigenvalue weighted by molar-refractivity contribution is 0.158. The maximum absolute atomic E-state index is 12.3. The first-order valence-corrected chi connectivity index (χ1v) is 13.2. The van der Waals surface area contributed by atoms with Gasteiger partial charge in [-0.2, -0.15) is 0 Å². The lowest BCUT2D eigenvalue weighted by atomic mass is 10.00. The predicted octanol–water partition coefficient (Wildman–Crippen LogP) is 6.43. The molecule has 0 amide bonds. The lowest BCUT2D eigenvalue weighted by Crippen LogP contribution is -2.27. The Bertz CT molecular complexity index is 1100. The molecule has 1 heterocycles. The zero-order valence-electron chi connectivity index (χ0n) is 19.7. The van der Waals surface area contributed by atoms with Crippen LogP contribution in [0.25, 0.3) is 6.08 Å². The van der Waals surface area contributed by atoms with Crippen LogP contribution in [0.3, 0.4) is 0 Å². The summed E-state index contributed by atoms with van der Waals surface area (Å²) in [5, 5.41) is 10.6. The number of aliphatic imine (C=N–C) groups is 1. The quantitative estimate of drug-likeness (QED) is 0.293. The summed E-state index contributed by atoms with van der Waals surface area (Å²) in [4.78, 5) is 4.41. The SMILES string of the molecule is CCCCCCCCS(=O)(=O)Nc1ccc(/N=C/c2ccc3c(c2O)C=CC(C)(C)O3)cc1. The van der Waals surface area contributed by atoms with Crippen LogP contribution in [0, 0.1) is 0 Å². The number of anilines is 1. The average Bonchev–Trinajstić information content (AvgIpc) is 2.76. The minimum absolute atomic E-state index is 0.113. The van der Waals surface area contributed by atoms with Crippen LogP contribution in [0.2, 0.25) is 0 Å². The van der Waals surface area contributed by atoms with Gasteiger partial charge in [-0.25, -0.2) is 8.42 Å². The van der Waals surface area contributed by atoms with Gasteiger partial charge in [-0.15, -0.1) is 0 Å². The van der Waals surface area contributed by atoms with E-state index in [2.05, 4.69) is 16.6 Å². The van der Waals surface area contributed by atoms with Crippen molar-refractivity contribution < 1.29 is 18.3 Å². The van der Waals surface area contributed by atoms with Gasteiger partial charge in [0.25, 0.3) is 0 Å². The van der Waals surface area contributed by atoms with E-state index in [1.165, 1.54) is 12.8 Å². The molecule has 0 unspecified atom stereocenters. The van der Waals surface area contributed by atoms with Crippen molar-refractivity contribution in [2.45, 2.75) is 64.9 Å². The largest absolute Gasteiger partial charge is 0.506 e. The number of unbranched alkanes of at least 4 members (excludes halogenated alkanes) is 5. The van der Waals surface area contributed by atoms with Crippen LogP contribution in [0.15, 0.2) is 47.5 Å². The first kappa shape index (κ1) is 24.8. The first-order valence-electron chi connectivity index (χ1n) is 11.6. The minimum atomic E-state index is -3.36. The number of hydrogen-bond donors (Lipinski definition) is 2. The van der Waals surface area contributed by atoms with Crippen LogP contribution < -0.4 is 9.46 Å². The molecule has 0 saturated heterocycles. The van der Waals surface area contributed by atoms with Crippen LogP contribution in [0.4, 0.5) is 11.4 Å². The van der Waals surface area contributed by atoms with Crippen molar-refractivity contribution in [3.63, 3.8) is 0 Å². The van der Waals surface area contributed by atoms with E-state index < -0.39 is 15.6 Å². The van der Waals surface area contributed by atoms with Gasteiger partial charge < -0.3 is 9.84 Å². The number of rotatable bonds is 11. The molecule has 33 heavy (non-hydrogen) atoms. The van der Waals surface area contributed by atoms with Crippen molar-refractivity contribution in [1.29, 1.82) is 0 Å². The highest BCUT2D eigenvalue weighted by molar-refractivity contribution is 7.92. The van der Waals surface area contributed by atoms with Crippen LogP contribution >= 0.6 is 0 Å². The monoisotopic (exact) mass is 470 g/mol. The molecule has 0 bridgehead atoms. The molecule has 2 aromatic rings. The van der Waals surface area contributed by atoms with Gasteiger partial charge in [0.1, 0.15) is 17.1 Å². The lowest BCUT2D eigenvalue weighted by Gasteiger charge is -2.28. The highest BCUT2D eigenvalue weighted by Crippen LogP contribution is 2.38. The third-order valence-corrected chi connectivity index (χ3v) is 6.87. The van der Waals surface area contributed by atoms with Crippen molar-refractivity contribution >= 4 is 33.7 Å². The van der Waals surface area contributed by atoms with E-state index in [0.717, 1.165) is 19.3 Å². The summed E-state index contributed by atoms with van der Waals surface area (Å²) in [5.41, 5.74) is 1.96. The Kier molecular flexibility index (Phi) is 8.19. The van der Waals surface area contributed by atoms with E-state index >= 15 is 0 Å². The number of phenolic OH excluding ortho intramolecular Hbond substituents is 1. The number of nitrogens with one attached hydrogen (secondary N) is 1. The minimum Gasteiger partial charge on any atom is -0.506 e. The summed E-state index contributed by atoms with van der Waals surface area (Å²) >= 11 is 0. The van der Waals surface area contributed by atoms with Gasteiger partial charge in [0.2, 0.25) is 10.0 Å². The molecular weight excluding hydrogens is 436 g/mol. The molecule has 3 rings (SSSR count). The molecule has 1 aliphatic heterocycles. The summed E-state index contributed by atoms with van der Waals surface area (Å²) in [7, 11) is -3.36. The van der Waals surface area contributed by atoms with E-state index in [9.17, 15) is 13.5 Å². The molecule has 0 radical (unpaired) electrons. The van der Waals surface area contributed by atoms with Gasteiger partial charge in [0.15, 0.2) is 0 Å². The van der Waals surface area contributed by atoms with Crippen molar-refractivity contribution in [3.8, 4) is 11.5 Å². The Morgan fingerprint density at radius 2 is 1.73 bits per heavy atom. The maximum Gasteiger partial charge on any atom is 0.232 e. The second-order valence-electron chi connectivity index (χ2n) is 8.95. The number of phenols is 1. The molecule has 0 atom stereocenters. The molecular formula is C26H34N2O4S. The molecule has 0 saturated carbocycles. The van der Waals surface area contributed by atoms with Gasteiger partial charge in [-0.05, 0) is 68.8 Å². The number of hydrogen-bond acceptors (Lipinski definition) is 5. The Morgan fingerprint density at radius 1 is 1.03 bits per heavy atom. The third kappa shape index (κ3) is 7.35. The molecule has 0 aliphatic carbocycles. The van der Waals surface area contributed by atoms with E-state index in [1.807, 2.05) is 32.1 Å². The fourth-order valence-corrected chi connectivity index (χ4v) is 4.81. The van der Waals surface area contributed by atoms with E-state index in [0.29, 0.717) is 34.7 Å². The summed E-state index contributed by atoms with van der Waals surface area (Å²) in [6, 6.07) is 10.4. The van der Waals surface area contributed by atoms with Crippen LogP contribution in [-0.2, 0) is 10.0 Å². The van der Waals surface area contributed by atoms with Crippen LogP contribution in [0.5, 0.6) is 11.5 Å². The molecule has 0 aromatic heterocycles. The summed E-state index contributed by atoms with van der Waals surface area (Å²) in [6.45, 7) is 6.07. The average molecular weight is 471 g/mol. The Morgan fingerprint density at radius 3 is 2.45 bits per heavy atom. The molecule has 2 aromatic carbocycles. The summed E-state index contributed by atoms with van der Waals surface area (Å²) < 4.78 is 33.1. The number of benzene rings is 2. The normalized spacial score (nSPS) is 14.8. The van der Waals surface area contributed by atoms with E-state index in [4.69, 9.17) is 4.74 Å². The molecule has 0 spiro atoms. The first-order chi connectivity index (χ1) is 15.7. The summed E-state index contributed by atoms with van der Waals surface area (Å²) in [5.74, 6) is 0.878. The highest BCUT2D eigenvalue weighted by Gasteiger charge is 2.24. The summed E-state index contributed by atoms with van der Waals surface area (Å²) in [6.07, 6.45) is 11.6. The molecule has 178 valence electrons. The van der Waals surface area contributed by atoms with Gasteiger partial charge in [0.05, 0.1) is 17.0 Å². The molecule has 1 aliphatic rings. The standard InChI is InChI=1S/C26H34N2O4S/c1-4-5-6-7-8-9-18-33(30,31)28-22-13-11-21(12-14-22)27-19-20-10-15-24-23(25(20)29)16-17-26(2,3)32-24/h10-17,19,28-29H,4-9,18H2,1-3H3/b27-19+. The number of nitrogens with zero attached hydrogens (tertiary/aromatic N) is 1. The fraction of sp³-hybridized carbons (Fsp3) is 0.423. The third-order valence-electron chi connectivity index (χ3n) is 5.49. The maximum atomic E-state index is 12.3. The fourth-order valence-electron chi connectivity index (χ4n) is 3.62. The molecule has 6 nitrogen and oxygen atoms in total. The van der Waals surface area contributed by atoms with Crippen LogP contribution in [0.1, 0.15) is 70.4 Å².